The molecule has 5 nitrogen and oxygen atoms in total. The first-order valence-corrected chi connectivity index (χ1v) is 7.61. The van der Waals surface area contributed by atoms with Crippen molar-refractivity contribution in [1.29, 1.82) is 0 Å². The standard InChI is InChI=1S/C12H25O5P/c1-12(2,13-3)17-11-7-6-10(16-11)8-9-18(14-4)15-5/h10-11H,6-9H2,1-5H3. The second-order valence-corrected chi connectivity index (χ2v) is 6.54. The van der Waals surface area contributed by atoms with Crippen LogP contribution >= 0.6 is 8.38 Å². The van der Waals surface area contributed by atoms with Crippen LogP contribution in [0.25, 0.3) is 0 Å². The molecule has 0 aromatic carbocycles. The lowest BCUT2D eigenvalue weighted by Gasteiger charge is -2.27. The minimum absolute atomic E-state index is 0.165. The highest BCUT2D eigenvalue weighted by atomic mass is 31.2. The molecule has 1 saturated heterocycles. The van der Waals surface area contributed by atoms with E-state index in [4.69, 9.17) is 23.3 Å². The van der Waals surface area contributed by atoms with Gasteiger partial charge in [0, 0.05) is 33.9 Å². The van der Waals surface area contributed by atoms with E-state index in [1.54, 1.807) is 21.3 Å². The Morgan fingerprint density at radius 3 is 2.39 bits per heavy atom. The molecule has 1 fully saturated rings. The summed E-state index contributed by atoms with van der Waals surface area (Å²) in [7, 11) is 4.23. The molecule has 0 amide bonds. The number of ether oxygens (including phenoxy) is 3. The van der Waals surface area contributed by atoms with Crippen molar-refractivity contribution in [3.63, 3.8) is 0 Å². The van der Waals surface area contributed by atoms with Crippen molar-refractivity contribution in [2.24, 2.45) is 0 Å². The third-order valence-electron chi connectivity index (χ3n) is 3.02. The first kappa shape index (κ1) is 16.3. The maximum atomic E-state index is 5.84. The fourth-order valence-corrected chi connectivity index (χ4v) is 2.86. The normalized spacial score (nSPS) is 25.0. The Hall–Kier alpha value is 0.230. The molecule has 108 valence electrons. The van der Waals surface area contributed by atoms with Crippen LogP contribution in [0.15, 0.2) is 0 Å². The van der Waals surface area contributed by atoms with Crippen LogP contribution in [-0.4, -0.2) is 45.7 Å². The van der Waals surface area contributed by atoms with Crippen molar-refractivity contribution in [1.82, 2.24) is 0 Å². The molecule has 0 spiro atoms. The molecule has 18 heavy (non-hydrogen) atoms. The zero-order valence-corrected chi connectivity index (χ0v) is 12.9. The van der Waals surface area contributed by atoms with E-state index in [-0.39, 0.29) is 12.4 Å². The Balaban J connectivity index is 2.25. The van der Waals surface area contributed by atoms with Gasteiger partial charge in [0.2, 0.25) is 0 Å². The minimum atomic E-state index is -0.762. The van der Waals surface area contributed by atoms with Gasteiger partial charge in [-0.25, -0.2) is 0 Å². The summed E-state index contributed by atoms with van der Waals surface area (Å²) in [5, 5.41) is 0. The maximum Gasteiger partial charge on any atom is 0.169 e. The van der Waals surface area contributed by atoms with Gasteiger partial charge in [-0.1, -0.05) is 0 Å². The van der Waals surface area contributed by atoms with E-state index in [0.29, 0.717) is 0 Å². The number of hydrogen-bond donors (Lipinski definition) is 0. The van der Waals surface area contributed by atoms with E-state index in [2.05, 4.69) is 0 Å². The third kappa shape index (κ3) is 5.47. The number of rotatable bonds is 8. The van der Waals surface area contributed by atoms with E-state index in [0.717, 1.165) is 25.4 Å². The Morgan fingerprint density at radius 2 is 1.83 bits per heavy atom. The predicted octanol–water partition coefficient (Wildman–Crippen LogP) is 2.89. The molecule has 1 heterocycles. The molecular weight excluding hydrogens is 255 g/mol. The summed E-state index contributed by atoms with van der Waals surface area (Å²) >= 11 is 0. The van der Waals surface area contributed by atoms with Crippen LogP contribution in [0.1, 0.15) is 33.1 Å². The van der Waals surface area contributed by atoms with E-state index >= 15 is 0 Å². The molecule has 0 N–H and O–H groups in total. The Kier molecular flexibility index (Phi) is 6.99. The zero-order chi connectivity index (χ0) is 13.6. The highest BCUT2D eigenvalue weighted by Crippen LogP contribution is 2.38. The largest absolute Gasteiger partial charge is 0.354 e. The summed E-state index contributed by atoms with van der Waals surface area (Å²) in [4.78, 5) is 0. The fraction of sp³-hybridized carbons (Fsp3) is 1.00. The molecule has 1 aliphatic heterocycles. The van der Waals surface area contributed by atoms with E-state index in [1.165, 1.54) is 0 Å². The Labute approximate surface area is 111 Å². The predicted molar refractivity (Wildman–Crippen MR) is 70.5 cm³/mol. The molecule has 0 aliphatic carbocycles. The SMILES string of the molecule is COP(CCC1CCC(OC(C)(C)OC)O1)OC. The summed E-state index contributed by atoms with van der Waals surface area (Å²) < 4.78 is 27.2. The highest BCUT2D eigenvalue weighted by molar-refractivity contribution is 7.47. The second kappa shape index (κ2) is 7.73. The highest BCUT2D eigenvalue weighted by Gasteiger charge is 2.31. The molecule has 1 rings (SSSR count). The van der Waals surface area contributed by atoms with Gasteiger partial charge in [-0.3, -0.25) is 0 Å². The number of methoxy groups -OCH3 is 1. The van der Waals surface area contributed by atoms with Crippen LogP contribution in [-0.2, 0) is 23.3 Å². The van der Waals surface area contributed by atoms with Gasteiger partial charge < -0.3 is 23.3 Å². The molecule has 0 bridgehead atoms. The van der Waals surface area contributed by atoms with Crippen molar-refractivity contribution in [3.05, 3.63) is 0 Å². The molecule has 2 atom stereocenters. The Bertz CT molecular complexity index is 233. The monoisotopic (exact) mass is 280 g/mol. The van der Waals surface area contributed by atoms with Gasteiger partial charge in [-0.05, 0) is 26.7 Å². The molecule has 0 radical (unpaired) electrons. The number of hydrogen-bond acceptors (Lipinski definition) is 5. The van der Waals surface area contributed by atoms with Crippen LogP contribution in [0.3, 0.4) is 0 Å². The van der Waals surface area contributed by atoms with E-state index < -0.39 is 14.2 Å². The minimum Gasteiger partial charge on any atom is -0.354 e. The first-order chi connectivity index (χ1) is 8.50. The van der Waals surface area contributed by atoms with Crippen LogP contribution in [0, 0.1) is 0 Å². The molecule has 1 aliphatic rings. The van der Waals surface area contributed by atoms with Crippen LogP contribution < -0.4 is 0 Å². The van der Waals surface area contributed by atoms with Crippen LogP contribution in [0.2, 0.25) is 0 Å². The quantitative estimate of drug-likeness (QED) is 0.505. The van der Waals surface area contributed by atoms with Crippen molar-refractivity contribution >= 4 is 8.38 Å². The van der Waals surface area contributed by atoms with E-state index in [1.807, 2.05) is 13.8 Å². The van der Waals surface area contributed by atoms with Crippen molar-refractivity contribution in [3.8, 4) is 0 Å². The zero-order valence-electron chi connectivity index (χ0n) is 12.0. The van der Waals surface area contributed by atoms with Crippen LogP contribution in [0.5, 0.6) is 0 Å². The van der Waals surface area contributed by atoms with Gasteiger partial charge in [0.1, 0.15) is 0 Å². The topological polar surface area (TPSA) is 46.2 Å². The lowest BCUT2D eigenvalue weighted by molar-refractivity contribution is -0.279. The summed E-state index contributed by atoms with van der Waals surface area (Å²) in [5.41, 5.74) is 0. The van der Waals surface area contributed by atoms with Crippen LogP contribution in [0.4, 0.5) is 0 Å². The molecule has 6 heteroatoms. The second-order valence-electron chi connectivity index (χ2n) is 4.70. The lowest BCUT2D eigenvalue weighted by atomic mass is 10.2. The van der Waals surface area contributed by atoms with Crippen molar-refractivity contribution < 1.29 is 23.3 Å². The maximum absolute atomic E-state index is 5.84. The summed E-state index contributed by atoms with van der Waals surface area (Å²) in [6, 6.07) is 0. The van der Waals surface area contributed by atoms with Gasteiger partial charge in [-0.15, -0.1) is 0 Å². The fourth-order valence-electron chi connectivity index (χ4n) is 1.84. The molecule has 0 aromatic rings. The average Bonchev–Trinajstić information content (AvgIpc) is 2.77. The Morgan fingerprint density at radius 1 is 1.17 bits per heavy atom. The smallest absolute Gasteiger partial charge is 0.169 e. The van der Waals surface area contributed by atoms with Gasteiger partial charge in [0.05, 0.1) is 6.10 Å². The lowest BCUT2D eigenvalue weighted by Crippen LogP contribution is -2.32. The van der Waals surface area contributed by atoms with Crippen molar-refractivity contribution in [2.45, 2.75) is 51.3 Å². The van der Waals surface area contributed by atoms with E-state index in [9.17, 15) is 0 Å². The van der Waals surface area contributed by atoms with Gasteiger partial charge >= 0.3 is 0 Å². The molecular formula is C12H25O5P. The summed E-state index contributed by atoms with van der Waals surface area (Å²) in [6.45, 7) is 3.78. The van der Waals surface area contributed by atoms with Gasteiger partial charge in [0.25, 0.3) is 0 Å². The van der Waals surface area contributed by atoms with Gasteiger partial charge in [0.15, 0.2) is 20.5 Å². The summed E-state index contributed by atoms with van der Waals surface area (Å²) in [5.74, 6) is -0.592. The summed E-state index contributed by atoms with van der Waals surface area (Å²) in [6.07, 6.45) is 3.84. The third-order valence-corrected chi connectivity index (χ3v) is 4.45. The average molecular weight is 280 g/mol. The van der Waals surface area contributed by atoms with Crippen molar-refractivity contribution in [2.75, 3.05) is 27.5 Å². The molecule has 0 saturated carbocycles. The van der Waals surface area contributed by atoms with Gasteiger partial charge in [-0.2, -0.15) is 0 Å². The molecule has 0 aromatic heterocycles. The molecule has 2 unspecified atom stereocenters. The first-order valence-electron chi connectivity index (χ1n) is 6.25.